The zero-order valence-electron chi connectivity index (χ0n) is 22.6. The quantitative estimate of drug-likeness (QED) is 0.174. The van der Waals surface area contributed by atoms with Gasteiger partial charge in [-0.1, -0.05) is 50.6 Å². The summed E-state index contributed by atoms with van der Waals surface area (Å²) in [7, 11) is 3.13. The Morgan fingerprint density at radius 1 is 1.05 bits per heavy atom. The van der Waals surface area contributed by atoms with Gasteiger partial charge in [0.1, 0.15) is 16.4 Å². The minimum atomic E-state index is -0.358. The summed E-state index contributed by atoms with van der Waals surface area (Å²) in [6, 6.07) is 16.1. The molecule has 10 heteroatoms. The highest BCUT2D eigenvalue weighted by Crippen LogP contribution is 2.43. The lowest BCUT2D eigenvalue weighted by Crippen LogP contribution is -2.20. The third kappa shape index (κ3) is 5.31. The first-order chi connectivity index (χ1) is 19.1. The van der Waals surface area contributed by atoms with Gasteiger partial charge in [0.2, 0.25) is 5.82 Å². The van der Waals surface area contributed by atoms with E-state index in [1.165, 1.54) is 18.0 Å². The Morgan fingerprint density at radius 3 is 2.52 bits per heavy atom. The fourth-order valence-corrected chi connectivity index (χ4v) is 4.76. The lowest BCUT2D eigenvalue weighted by molar-refractivity contribution is 0.191. The molecule has 3 aromatic carbocycles. The minimum Gasteiger partial charge on any atom is -0.496 e. The van der Waals surface area contributed by atoms with Crippen molar-refractivity contribution in [3.8, 4) is 28.8 Å². The summed E-state index contributed by atoms with van der Waals surface area (Å²) < 4.78 is 24.9. The molecule has 0 spiro atoms. The molecule has 206 valence electrons. The van der Waals surface area contributed by atoms with E-state index in [2.05, 4.69) is 41.8 Å². The maximum absolute atomic E-state index is 13.7. The summed E-state index contributed by atoms with van der Waals surface area (Å²) in [5.74, 6) is 2.10. The van der Waals surface area contributed by atoms with Crippen molar-refractivity contribution < 1.29 is 18.6 Å². The second-order valence-corrected chi connectivity index (χ2v) is 11.4. The standard InChI is InChI=1S/C30H27BrClN3O5/c1-30(2,3)16-39-27-23(38-5)13-17(25(31)26(27)32)15-33-35-28(34-20-10-7-6-9-18(20)29(35)36)24-14-19-21(37-4)11-8-12-22(19)40-24/h6-15H,16H2,1-5H3. The van der Waals surface area contributed by atoms with Crippen LogP contribution < -0.4 is 19.8 Å². The molecule has 0 N–H and O–H groups in total. The number of fused-ring (bicyclic) bond motifs is 2. The fourth-order valence-electron chi connectivity index (χ4n) is 4.11. The molecule has 0 saturated carbocycles. The van der Waals surface area contributed by atoms with Gasteiger partial charge in [-0.15, -0.1) is 0 Å². The average molecular weight is 625 g/mol. The van der Waals surface area contributed by atoms with Crippen molar-refractivity contribution in [1.29, 1.82) is 0 Å². The van der Waals surface area contributed by atoms with Crippen LogP contribution in [0.3, 0.4) is 0 Å². The molecular formula is C30H27BrClN3O5. The van der Waals surface area contributed by atoms with Gasteiger partial charge in [0.05, 0.1) is 43.3 Å². The Balaban J connectivity index is 1.66. The van der Waals surface area contributed by atoms with Crippen LogP contribution in [0.5, 0.6) is 17.2 Å². The number of methoxy groups -OCH3 is 2. The number of rotatable bonds is 7. The monoisotopic (exact) mass is 623 g/mol. The Bertz CT molecular complexity index is 1820. The second-order valence-electron chi connectivity index (χ2n) is 10.3. The third-order valence-electron chi connectivity index (χ3n) is 6.05. The van der Waals surface area contributed by atoms with Crippen LogP contribution in [0.2, 0.25) is 5.02 Å². The number of hydrogen-bond donors (Lipinski definition) is 0. The van der Waals surface area contributed by atoms with Crippen LogP contribution in [0.1, 0.15) is 26.3 Å². The van der Waals surface area contributed by atoms with E-state index in [1.807, 2.05) is 24.3 Å². The maximum atomic E-state index is 13.7. The summed E-state index contributed by atoms with van der Waals surface area (Å²) >= 11 is 10.2. The average Bonchev–Trinajstić information content (AvgIpc) is 3.38. The lowest BCUT2D eigenvalue weighted by atomic mass is 9.99. The zero-order chi connectivity index (χ0) is 28.6. The summed E-state index contributed by atoms with van der Waals surface area (Å²) in [6.45, 7) is 6.63. The Hall–Kier alpha value is -3.82. The van der Waals surface area contributed by atoms with Gasteiger partial charge in [-0.2, -0.15) is 9.78 Å². The van der Waals surface area contributed by atoms with Crippen LogP contribution in [0.15, 0.2) is 73.4 Å². The Kier molecular flexibility index (Phi) is 7.61. The number of hydrogen-bond acceptors (Lipinski definition) is 7. The molecule has 5 aromatic rings. The summed E-state index contributed by atoms with van der Waals surface area (Å²) in [5.41, 5.74) is 1.25. The predicted octanol–water partition coefficient (Wildman–Crippen LogP) is 7.55. The van der Waals surface area contributed by atoms with Gasteiger partial charge in [0.15, 0.2) is 17.3 Å². The second kappa shape index (κ2) is 11.0. The van der Waals surface area contributed by atoms with Crippen LogP contribution in [0.4, 0.5) is 0 Å². The highest BCUT2D eigenvalue weighted by Gasteiger charge is 2.21. The minimum absolute atomic E-state index is 0.0811. The topological polar surface area (TPSA) is 88.1 Å². The van der Waals surface area contributed by atoms with E-state index >= 15 is 0 Å². The SMILES string of the molecule is COc1cc(C=Nn2c(-c3cc4c(OC)cccc4o3)nc3ccccc3c2=O)c(Br)c(Cl)c1OCC(C)(C)C. The van der Waals surface area contributed by atoms with Crippen LogP contribution in [0.25, 0.3) is 33.5 Å². The number of benzene rings is 3. The van der Waals surface area contributed by atoms with E-state index in [1.54, 1.807) is 37.4 Å². The van der Waals surface area contributed by atoms with E-state index in [4.69, 9.17) is 35.2 Å². The molecule has 0 saturated heterocycles. The van der Waals surface area contributed by atoms with Gasteiger partial charge < -0.3 is 18.6 Å². The van der Waals surface area contributed by atoms with E-state index in [-0.39, 0.29) is 16.8 Å². The summed E-state index contributed by atoms with van der Waals surface area (Å²) in [4.78, 5) is 18.4. The third-order valence-corrected chi connectivity index (χ3v) is 7.50. The first kappa shape index (κ1) is 27.7. The molecule has 5 rings (SSSR count). The molecule has 0 unspecified atom stereocenters. The number of nitrogens with zero attached hydrogens (tertiary/aromatic N) is 3. The smallest absolute Gasteiger partial charge is 0.282 e. The van der Waals surface area contributed by atoms with E-state index in [0.29, 0.717) is 61.2 Å². The zero-order valence-corrected chi connectivity index (χ0v) is 25.0. The molecule has 0 bridgehead atoms. The van der Waals surface area contributed by atoms with Crippen molar-refractivity contribution in [3.63, 3.8) is 0 Å². The van der Waals surface area contributed by atoms with Crippen molar-refractivity contribution >= 4 is 55.6 Å². The number of furan rings is 1. The molecule has 0 aliphatic carbocycles. The van der Waals surface area contributed by atoms with Crippen molar-refractivity contribution in [2.75, 3.05) is 20.8 Å². The Morgan fingerprint density at radius 2 is 1.80 bits per heavy atom. The maximum Gasteiger partial charge on any atom is 0.282 e. The van der Waals surface area contributed by atoms with Gasteiger partial charge in [0, 0.05) is 10.0 Å². The van der Waals surface area contributed by atoms with Gasteiger partial charge in [0.25, 0.3) is 5.56 Å². The van der Waals surface area contributed by atoms with Gasteiger partial charge in [-0.25, -0.2) is 4.98 Å². The predicted molar refractivity (Wildman–Crippen MR) is 161 cm³/mol. The van der Waals surface area contributed by atoms with E-state index in [0.717, 1.165) is 5.39 Å². The largest absolute Gasteiger partial charge is 0.496 e. The number of para-hydroxylation sites is 1. The van der Waals surface area contributed by atoms with Crippen molar-refractivity contribution in [1.82, 2.24) is 9.66 Å². The van der Waals surface area contributed by atoms with E-state index < -0.39 is 0 Å². The summed E-state index contributed by atoms with van der Waals surface area (Å²) in [6.07, 6.45) is 1.51. The van der Waals surface area contributed by atoms with Crippen LogP contribution in [0, 0.1) is 5.41 Å². The lowest BCUT2D eigenvalue weighted by Gasteiger charge is -2.21. The number of ether oxygens (including phenoxy) is 3. The molecule has 0 aliphatic heterocycles. The fraction of sp³-hybridized carbons (Fsp3) is 0.233. The van der Waals surface area contributed by atoms with Gasteiger partial charge in [-0.05, 0) is 57.7 Å². The molecule has 0 atom stereocenters. The van der Waals surface area contributed by atoms with Gasteiger partial charge >= 0.3 is 0 Å². The molecule has 40 heavy (non-hydrogen) atoms. The van der Waals surface area contributed by atoms with Crippen LogP contribution in [-0.2, 0) is 0 Å². The van der Waals surface area contributed by atoms with Crippen molar-refractivity contribution in [2.45, 2.75) is 20.8 Å². The Labute approximate surface area is 244 Å². The molecule has 0 fully saturated rings. The van der Waals surface area contributed by atoms with Crippen molar-refractivity contribution in [3.05, 3.63) is 80.0 Å². The first-order valence-electron chi connectivity index (χ1n) is 12.4. The molecule has 8 nitrogen and oxygen atoms in total. The number of aromatic nitrogens is 2. The van der Waals surface area contributed by atoms with E-state index in [9.17, 15) is 4.79 Å². The molecular weight excluding hydrogens is 598 g/mol. The highest BCUT2D eigenvalue weighted by atomic mass is 79.9. The number of halogens is 2. The van der Waals surface area contributed by atoms with Crippen molar-refractivity contribution in [2.24, 2.45) is 10.5 Å². The molecule has 0 radical (unpaired) electrons. The summed E-state index contributed by atoms with van der Waals surface area (Å²) in [5, 5.41) is 6.05. The van der Waals surface area contributed by atoms with Crippen LogP contribution >= 0.6 is 27.5 Å². The van der Waals surface area contributed by atoms with Gasteiger partial charge in [-0.3, -0.25) is 4.79 Å². The first-order valence-corrected chi connectivity index (χ1v) is 13.6. The molecule has 2 aromatic heterocycles. The molecule has 0 aliphatic rings. The molecule has 2 heterocycles. The highest BCUT2D eigenvalue weighted by molar-refractivity contribution is 9.10. The molecule has 0 amide bonds. The van der Waals surface area contributed by atoms with Crippen LogP contribution in [-0.4, -0.2) is 36.7 Å². The normalized spacial score (nSPS) is 12.0.